The van der Waals surface area contributed by atoms with Gasteiger partial charge in [0.05, 0.1) is 29.0 Å². The normalized spacial score (nSPS) is 16.9. The van der Waals surface area contributed by atoms with E-state index in [1.807, 2.05) is 0 Å². The van der Waals surface area contributed by atoms with Crippen molar-refractivity contribution < 1.29 is 13.2 Å². The molecule has 25 heavy (non-hydrogen) atoms. The Labute approximate surface area is 149 Å². The summed E-state index contributed by atoms with van der Waals surface area (Å²) in [6, 6.07) is 1.67. The molecule has 2 aromatic heterocycles. The SMILES string of the molecule is CC(C)(N=[N+]=[N-])c1cnc(OCC2CS(=O)(=O)C2)c2cnc(Cl)cc12. The van der Waals surface area contributed by atoms with E-state index in [4.69, 9.17) is 21.9 Å². The fourth-order valence-corrected chi connectivity index (χ4v) is 4.51. The maximum absolute atomic E-state index is 11.2. The number of fused-ring (bicyclic) bond motifs is 1. The molecule has 0 bridgehead atoms. The number of ether oxygens (including phenoxy) is 1. The Hall–Kier alpha value is -2.09. The predicted octanol–water partition coefficient (Wildman–Crippen LogP) is 3.25. The third-order valence-electron chi connectivity index (χ3n) is 4.09. The molecule has 10 heteroatoms. The van der Waals surface area contributed by atoms with Crippen LogP contribution in [0.4, 0.5) is 0 Å². The standard InChI is InChI=1S/C15H16ClN5O3S/c1-15(2,20-21-17)12-5-19-14(11-4-18-13(16)3-10(11)12)24-6-9-7-25(22,23)8-9/h3-5,9H,6-8H2,1-2H3. The van der Waals surface area contributed by atoms with Crippen LogP contribution in [-0.2, 0) is 15.4 Å². The molecule has 0 N–H and O–H groups in total. The van der Waals surface area contributed by atoms with Crippen molar-refractivity contribution in [1.29, 1.82) is 0 Å². The zero-order chi connectivity index (χ0) is 18.2. The number of azide groups is 1. The smallest absolute Gasteiger partial charge is 0.222 e. The van der Waals surface area contributed by atoms with Crippen molar-refractivity contribution in [2.24, 2.45) is 11.0 Å². The van der Waals surface area contributed by atoms with Gasteiger partial charge in [0.2, 0.25) is 5.88 Å². The van der Waals surface area contributed by atoms with Crippen LogP contribution in [0.25, 0.3) is 21.2 Å². The zero-order valence-corrected chi connectivity index (χ0v) is 15.3. The molecule has 0 amide bonds. The summed E-state index contributed by atoms with van der Waals surface area (Å²) in [5.41, 5.74) is 8.66. The minimum atomic E-state index is -2.89. The highest BCUT2D eigenvalue weighted by atomic mass is 35.5. The Bertz CT molecular complexity index is 974. The van der Waals surface area contributed by atoms with Crippen LogP contribution in [0.5, 0.6) is 5.88 Å². The van der Waals surface area contributed by atoms with Crippen LogP contribution in [0.1, 0.15) is 19.4 Å². The molecule has 2 aromatic rings. The summed E-state index contributed by atoms with van der Waals surface area (Å²) in [6.07, 6.45) is 3.13. The number of rotatable bonds is 5. The minimum absolute atomic E-state index is 0.0265. The summed E-state index contributed by atoms with van der Waals surface area (Å²) in [7, 11) is -2.89. The highest BCUT2D eigenvalue weighted by Gasteiger charge is 2.34. The highest BCUT2D eigenvalue weighted by Crippen LogP contribution is 2.35. The summed E-state index contributed by atoms with van der Waals surface area (Å²) < 4.78 is 28.2. The van der Waals surface area contributed by atoms with Crippen LogP contribution in [-0.4, -0.2) is 36.5 Å². The van der Waals surface area contributed by atoms with Gasteiger partial charge in [0.25, 0.3) is 0 Å². The maximum Gasteiger partial charge on any atom is 0.222 e. The van der Waals surface area contributed by atoms with E-state index < -0.39 is 15.4 Å². The second kappa shape index (κ2) is 6.33. The number of sulfone groups is 1. The van der Waals surface area contributed by atoms with E-state index >= 15 is 0 Å². The van der Waals surface area contributed by atoms with Crippen molar-refractivity contribution >= 4 is 32.2 Å². The minimum Gasteiger partial charge on any atom is -0.477 e. The van der Waals surface area contributed by atoms with Gasteiger partial charge in [-0.1, -0.05) is 30.6 Å². The molecule has 0 aliphatic carbocycles. The Kier molecular flexibility index (Phi) is 4.49. The second-order valence-electron chi connectivity index (χ2n) is 6.53. The van der Waals surface area contributed by atoms with Gasteiger partial charge in [-0.2, -0.15) is 0 Å². The molecule has 0 saturated carbocycles. The molecule has 0 radical (unpaired) electrons. The molecule has 3 heterocycles. The molecule has 1 fully saturated rings. The Balaban J connectivity index is 1.97. The van der Waals surface area contributed by atoms with Gasteiger partial charge >= 0.3 is 0 Å². The molecule has 1 saturated heterocycles. The number of pyridine rings is 2. The van der Waals surface area contributed by atoms with Gasteiger partial charge in [-0.05, 0) is 22.5 Å². The van der Waals surface area contributed by atoms with E-state index in [1.165, 1.54) is 0 Å². The molecule has 0 unspecified atom stereocenters. The third kappa shape index (κ3) is 3.63. The first-order valence-electron chi connectivity index (χ1n) is 7.56. The van der Waals surface area contributed by atoms with Crippen LogP contribution < -0.4 is 4.74 Å². The lowest BCUT2D eigenvalue weighted by molar-refractivity contribution is 0.257. The first-order valence-corrected chi connectivity index (χ1v) is 9.76. The molecule has 3 rings (SSSR count). The van der Waals surface area contributed by atoms with E-state index in [0.717, 1.165) is 5.39 Å². The Morgan fingerprint density at radius 3 is 2.72 bits per heavy atom. The monoisotopic (exact) mass is 381 g/mol. The second-order valence-corrected chi connectivity index (χ2v) is 9.07. The van der Waals surface area contributed by atoms with Gasteiger partial charge in [-0.15, -0.1) is 0 Å². The summed E-state index contributed by atoms with van der Waals surface area (Å²) >= 11 is 6.02. The van der Waals surface area contributed by atoms with Crippen molar-refractivity contribution in [3.63, 3.8) is 0 Å². The van der Waals surface area contributed by atoms with Gasteiger partial charge in [-0.25, -0.2) is 18.4 Å². The Morgan fingerprint density at radius 1 is 1.36 bits per heavy atom. The van der Waals surface area contributed by atoms with E-state index in [-0.39, 0.29) is 24.0 Å². The zero-order valence-electron chi connectivity index (χ0n) is 13.7. The van der Waals surface area contributed by atoms with E-state index in [1.54, 1.807) is 32.3 Å². The summed E-state index contributed by atoms with van der Waals surface area (Å²) in [5.74, 6) is 0.596. The molecule has 1 aliphatic rings. The highest BCUT2D eigenvalue weighted by molar-refractivity contribution is 7.92. The number of hydrogen-bond acceptors (Lipinski definition) is 6. The van der Waals surface area contributed by atoms with Gasteiger partial charge in [-0.3, -0.25) is 0 Å². The maximum atomic E-state index is 11.2. The topological polar surface area (TPSA) is 118 Å². The number of hydrogen-bond donors (Lipinski definition) is 0. The van der Waals surface area contributed by atoms with Crippen molar-refractivity contribution in [3.8, 4) is 5.88 Å². The van der Waals surface area contributed by atoms with E-state index in [2.05, 4.69) is 20.0 Å². The van der Waals surface area contributed by atoms with Crippen molar-refractivity contribution in [2.75, 3.05) is 18.1 Å². The van der Waals surface area contributed by atoms with Crippen molar-refractivity contribution in [2.45, 2.75) is 19.4 Å². The average Bonchev–Trinajstić information content (AvgIpc) is 2.49. The van der Waals surface area contributed by atoms with Crippen molar-refractivity contribution in [3.05, 3.63) is 39.6 Å². The fraction of sp³-hybridized carbons (Fsp3) is 0.467. The molecule has 1 aliphatic heterocycles. The first-order chi connectivity index (χ1) is 11.7. The lowest BCUT2D eigenvalue weighted by Gasteiger charge is -2.26. The van der Waals surface area contributed by atoms with E-state index in [0.29, 0.717) is 22.0 Å². The lowest BCUT2D eigenvalue weighted by Crippen LogP contribution is -2.40. The predicted molar refractivity (Wildman–Crippen MR) is 94.4 cm³/mol. The van der Waals surface area contributed by atoms with Gasteiger partial charge in [0.15, 0.2) is 9.84 Å². The number of aromatic nitrogens is 2. The van der Waals surface area contributed by atoms with Crippen LogP contribution in [0.2, 0.25) is 5.15 Å². The van der Waals surface area contributed by atoms with Crippen LogP contribution >= 0.6 is 11.6 Å². The summed E-state index contributed by atoms with van der Waals surface area (Å²) in [4.78, 5) is 11.3. The van der Waals surface area contributed by atoms with Gasteiger partial charge < -0.3 is 4.74 Å². The molecule has 8 nitrogen and oxygen atoms in total. The lowest BCUT2D eigenvalue weighted by atomic mass is 9.93. The molecule has 132 valence electrons. The molecule has 0 atom stereocenters. The average molecular weight is 382 g/mol. The summed E-state index contributed by atoms with van der Waals surface area (Å²) in [6.45, 7) is 3.82. The molecular formula is C15H16ClN5O3S. The largest absolute Gasteiger partial charge is 0.477 e. The fourth-order valence-electron chi connectivity index (χ4n) is 2.82. The quantitative estimate of drug-likeness (QED) is 0.341. The van der Waals surface area contributed by atoms with Crippen molar-refractivity contribution in [1.82, 2.24) is 9.97 Å². The Morgan fingerprint density at radius 2 is 2.08 bits per heavy atom. The van der Waals surface area contributed by atoms with E-state index in [9.17, 15) is 8.42 Å². The van der Waals surface area contributed by atoms with Crippen LogP contribution in [0, 0.1) is 5.92 Å². The van der Waals surface area contributed by atoms with Gasteiger partial charge in [0.1, 0.15) is 5.15 Å². The summed E-state index contributed by atoms with van der Waals surface area (Å²) in [5, 5.41) is 5.47. The third-order valence-corrected chi connectivity index (χ3v) is 6.26. The number of nitrogens with zero attached hydrogens (tertiary/aromatic N) is 5. The number of halogens is 1. The molecular weight excluding hydrogens is 366 g/mol. The van der Waals surface area contributed by atoms with Crippen LogP contribution in [0.3, 0.4) is 0 Å². The molecule has 0 aromatic carbocycles. The van der Waals surface area contributed by atoms with Crippen LogP contribution in [0.15, 0.2) is 23.6 Å². The van der Waals surface area contributed by atoms with Gasteiger partial charge in [0, 0.05) is 23.2 Å². The molecule has 0 spiro atoms. The first kappa shape index (κ1) is 17.7.